The van der Waals surface area contributed by atoms with Crippen LogP contribution in [0, 0.1) is 5.92 Å². The van der Waals surface area contributed by atoms with Gasteiger partial charge in [0, 0.05) is 28.7 Å². The van der Waals surface area contributed by atoms with E-state index >= 15 is 0 Å². The first-order valence-electron chi connectivity index (χ1n) is 10.7. The molecular formula is C23H24N4OS. The number of hydrogen-bond donors (Lipinski definition) is 0. The summed E-state index contributed by atoms with van der Waals surface area (Å²) >= 11 is 1.71. The summed E-state index contributed by atoms with van der Waals surface area (Å²) in [4.78, 5) is 23.2. The Morgan fingerprint density at radius 3 is 2.66 bits per heavy atom. The van der Waals surface area contributed by atoms with Crippen LogP contribution in [0.2, 0.25) is 0 Å². The molecule has 5 nitrogen and oxygen atoms in total. The summed E-state index contributed by atoms with van der Waals surface area (Å²) in [6.07, 6.45) is 6.75. The molecule has 0 bridgehead atoms. The summed E-state index contributed by atoms with van der Waals surface area (Å²) in [7, 11) is 0. The summed E-state index contributed by atoms with van der Waals surface area (Å²) in [6, 6.07) is 8.27. The lowest BCUT2D eigenvalue weighted by atomic mass is 9.97. The molecule has 1 aromatic carbocycles. The third-order valence-corrected chi connectivity index (χ3v) is 7.84. The topological polar surface area (TPSA) is 50.5 Å². The lowest BCUT2D eigenvalue weighted by molar-refractivity contribution is 0.436. The molecule has 4 heterocycles. The number of rotatable bonds is 1. The monoisotopic (exact) mass is 404 g/mol. The Morgan fingerprint density at radius 2 is 1.83 bits per heavy atom. The summed E-state index contributed by atoms with van der Waals surface area (Å²) < 4.78 is 1.58. The van der Waals surface area contributed by atoms with Crippen LogP contribution in [0.15, 0.2) is 29.1 Å². The van der Waals surface area contributed by atoms with Crippen LogP contribution in [0.3, 0.4) is 0 Å². The zero-order chi connectivity index (χ0) is 19.5. The molecule has 4 aromatic rings. The number of thiophene rings is 1. The highest BCUT2D eigenvalue weighted by molar-refractivity contribution is 7.18. The Bertz CT molecular complexity index is 1310. The van der Waals surface area contributed by atoms with E-state index in [1.54, 1.807) is 15.9 Å². The number of anilines is 1. The van der Waals surface area contributed by atoms with Crippen molar-refractivity contribution in [3.05, 3.63) is 45.1 Å². The molecule has 29 heavy (non-hydrogen) atoms. The van der Waals surface area contributed by atoms with E-state index in [0.29, 0.717) is 5.65 Å². The molecule has 0 amide bonds. The van der Waals surface area contributed by atoms with Crippen molar-refractivity contribution in [2.45, 2.75) is 45.4 Å². The minimum absolute atomic E-state index is 0.00165. The van der Waals surface area contributed by atoms with Crippen LogP contribution in [0.1, 0.15) is 43.0 Å². The maximum absolute atomic E-state index is 13.6. The smallest absolute Gasteiger partial charge is 0.283 e. The zero-order valence-electron chi connectivity index (χ0n) is 16.6. The molecule has 0 radical (unpaired) electrons. The van der Waals surface area contributed by atoms with Gasteiger partial charge in [-0.15, -0.1) is 16.4 Å². The van der Waals surface area contributed by atoms with Crippen LogP contribution < -0.4 is 10.5 Å². The lowest BCUT2D eigenvalue weighted by Crippen LogP contribution is -2.34. The van der Waals surface area contributed by atoms with Crippen molar-refractivity contribution in [2.75, 3.05) is 18.0 Å². The first-order valence-corrected chi connectivity index (χ1v) is 11.5. The highest BCUT2D eigenvalue weighted by Gasteiger charge is 2.24. The van der Waals surface area contributed by atoms with Gasteiger partial charge in [0.1, 0.15) is 4.83 Å². The van der Waals surface area contributed by atoms with Crippen molar-refractivity contribution in [1.29, 1.82) is 0 Å². The minimum atomic E-state index is 0.00165. The second kappa shape index (κ2) is 6.52. The van der Waals surface area contributed by atoms with Gasteiger partial charge in [-0.2, -0.15) is 4.52 Å². The average Bonchev–Trinajstić information content (AvgIpc) is 3.13. The van der Waals surface area contributed by atoms with Crippen molar-refractivity contribution in [2.24, 2.45) is 5.92 Å². The average molecular weight is 405 g/mol. The highest BCUT2D eigenvalue weighted by Crippen LogP contribution is 2.35. The van der Waals surface area contributed by atoms with E-state index in [2.05, 4.69) is 30.0 Å². The number of aromatic nitrogens is 3. The van der Waals surface area contributed by atoms with Crippen LogP contribution >= 0.6 is 11.3 Å². The van der Waals surface area contributed by atoms with Crippen molar-refractivity contribution < 1.29 is 0 Å². The van der Waals surface area contributed by atoms with E-state index in [4.69, 9.17) is 10.1 Å². The predicted octanol–water partition coefficient (Wildman–Crippen LogP) is 4.57. The largest absolute Gasteiger partial charge is 0.355 e. The molecule has 1 fully saturated rings. The Balaban J connectivity index is 1.68. The molecule has 1 aliphatic carbocycles. The van der Waals surface area contributed by atoms with Gasteiger partial charge in [0.2, 0.25) is 0 Å². The minimum Gasteiger partial charge on any atom is -0.355 e. The third-order valence-electron chi connectivity index (χ3n) is 6.65. The fourth-order valence-electron chi connectivity index (χ4n) is 4.94. The lowest BCUT2D eigenvalue weighted by Gasteiger charge is -2.31. The molecule has 0 spiro atoms. The van der Waals surface area contributed by atoms with Crippen LogP contribution in [-0.4, -0.2) is 27.7 Å². The Morgan fingerprint density at radius 1 is 1.07 bits per heavy atom. The Hall–Kier alpha value is -2.47. The van der Waals surface area contributed by atoms with Gasteiger partial charge >= 0.3 is 0 Å². The van der Waals surface area contributed by atoms with Gasteiger partial charge in [-0.05, 0) is 50.0 Å². The van der Waals surface area contributed by atoms with E-state index in [0.717, 1.165) is 77.9 Å². The van der Waals surface area contributed by atoms with E-state index in [9.17, 15) is 4.79 Å². The molecular weight excluding hydrogens is 380 g/mol. The molecule has 3 aromatic heterocycles. The molecule has 2 aliphatic rings. The number of nitrogens with zero attached hydrogens (tertiary/aromatic N) is 4. The number of fused-ring (bicyclic) bond motifs is 6. The fraction of sp³-hybridized carbons (Fsp3) is 0.435. The molecule has 0 saturated carbocycles. The second-order valence-corrected chi connectivity index (χ2v) is 9.67. The van der Waals surface area contributed by atoms with E-state index in [1.807, 2.05) is 6.07 Å². The molecule has 6 rings (SSSR count). The van der Waals surface area contributed by atoms with Crippen molar-refractivity contribution >= 4 is 43.8 Å². The van der Waals surface area contributed by atoms with Crippen LogP contribution in [0.5, 0.6) is 0 Å². The van der Waals surface area contributed by atoms with Gasteiger partial charge in [-0.1, -0.05) is 31.2 Å². The molecule has 0 atom stereocenters. The first-order chi connectivity index (χ1) is 14.2. The van der Waals surface area contributed by atoms with E-state index in [1.165, 1.54) is 16.9 Å². The van der Waals surface area contributed by atoms with Gasteiger partial charge in [-0.25, -0.2) is 4.98 Å². The van der Waals surface area contributed by atoms with Gasteiger partial charge < -0.3 is 4.90 Å². The van der Waals surface area contributed by atoms with E-state index < -0.39 is 0 Å². The highest BCUT2D eigenvalue weighted by atomic mass is 32.1. The number of hydrogen-bond acceptors (Lipinski definition) is 5. The Labute approximate surface area is 173 Å². The SMILES string of the molecule is CC1CCN(c2nn3c(=O)c4c5c(sc4nc3c3ccccc23)CCCC5)CC1. The maximum Gasteiger partial charge on any atom is 0.283 e. The van der Waals surface area contributed by atoms with E-state index in [-0.39, 0.29) is 5.56 Å². The second-order valence-electron chi connectivity index (χ2n) is 8.58. The van der Waals surface area contributed by atoms with Gasteiger partial charge in [0.25, 0.3) is 5.56 Å². The molecule has 0 N–H and O–H groups in total. The van der Waals surface area contributed by atoms with Crippen LogP contribution in [0.4, 0.5) is 5.82 Å². The number of aryl methyl sites for hydroxylation is 2. The summed E-state index contributed by atoms with van der Waals surface area (Å²) in [5, 5.41) is 7.82. The van der Waals surface area contributed by atoms with Gasteiger partial charge in [0.15, 0.2) is 11.5 Å². The quantitative estimate of drug-likeness (QED) is 0.436. The normalized spacial score (nSPS) is 18.0. The van der Waals surface area contributed by atoms with Gasteiger partial charge in [-0.3, -0.25) is 4.79 Å². The third kappa shape index (κ3) is 2.61. The molecule has 6 heteroatoms. The van der Waals surface area contributed by atoms with Crippen LogP contribution in [-0.2, 0) is 12.8 Å². The zero-order valence-corrected chi connectivity index (χ0v) is 17.5. The molecule has 148 valence electrons. The van der Waals surface area contributed by atoms with Crippen molar-refractivity contribution in [3.63, 3.8) is 0 Å². The summed E-state index contributed by atoms with van der Waals surface area (Å²) in [6.45, 7) is 4.29. The predicted molar refractivity (Wildman–Crippen MR) is 119 cm³/mol. The molecule has 1 aliphatic heterocycles. The molecule has 0 unspecified atom stereocenters. The van der Waals surface area contributed by atoms with Crippen molar-refractivity contribution in [3.8, 4) is 0 Å². The Kier molecular flexibility index (Phi) is 3.91. The van der Waals surface area contributed by atoms with Crippen molar-refractivity contribution in [1.82, 2.24) is 14.6 Å². The number of benzene rings is 1. The van der Waals surface area contributed by atoms with Crippen LogP contribution in [0.25, 0.3) is 26.6 Å². The number of piperidine rings is 1. The standard InChI is InChI=1S/C23H24N4OS/c1-14-10-12-26(13-11-14)21-16-7-3-2-6-15(16)20-24-22-19(23(28)27(20)25-21)17-8-4-5-9-18(17)29-22/h2-3,6-7,14H,4-5,8-13H2,1H3. The summed E-state index contributed by atoms with van der Waals surface area (Å²) in [5.74, 6) is 1.67. The summed E-state index contributed by atoms with van der Waals surface area (Å²) in [5.41, 5.74) is 1.92. The molecule has 1 saturated heterocycles. The fourth-order valence-corrected chi connectivity index (χ4v) is 6.19. The maximum atomic E-state index is 13.6. The first kappa shape index (κ1) is 17.4. The van der Waals surface area contributed by atoms with Gasteiger partial charge in [0.05, 0.1) is 5.39 Å².